The van der Waals surface area contributed by atoms with E-state index in [0.717, 1.165) is 41.7 Å². The van der Waals surface area contributed by atoms with Crippen LogP contribution >= 0.6 is 0 Å². The number of anilines is 1. The molecule has 1 aromatic carbocycles. The Hall–Kier alpha value is -2.87. The fourth-order valence-corrected chi connectivity index (χ4v) is 3.70. The number of aromatic nitrogens is 5. The predicted octanol–water partition coefficient (Wildman–Crippen LogP) is 2.60. The third-order valence-corrected chi connectivity index (χ3v) is 4.87. The molecule has 0 radical (unpaired) electrons. The number of hydrogen-bond acceptors (Lipinski definition) is 6. The molecular formula is C20H26N6O2. The van der Waals surface area contributed by atoms with Crippen LogP contribution in [0.1, 0.15) is 19.5 Å². The normalized spacial score (nSPS) is 19.8. The zero-order chi connectivity index (χ0) is 19.8. The molecule has 8 nitrogen and oxygen atoms in total. The molecule has 0 aliphatic carbocycles. The summed E-state index contributed by atoms with van der Waals surface area (Å²) in [5, 5.41) is 4.64. The maximum Gasteiger partial charge on any atom is 0.224 e. The van der Waals surface area contributed by atoms with Crippen molar-refractivity contribution >= 4 is 5.95 Å². The minimum absolute atomic E-state index is 0.168. The van der Waals surface area contributed by atoms with Crippen LogP contribution in [-0.4, -0.2) is 56.7 Å². The van der Waals surface area contributed by atoms with E-state index in [2.05, 4.69) is 28.8 Å². The lowest BCUT2D eigenvalue weighted by Gasteiger charge is -2.35. The van der Waals surface area contributed by atoms with E-state index >= 15 is 0 Å². The van der Waals surface area contributed by atoms with Crippen LogP contribution in [0.15, 0.2) is 30.7 Å². The molecule has 1 aliphatic rings. The van der Waals surface area contributed by atoms with Gasteiger partial charge in [0.15, 0.2) is 5.82 Å². The average Bonchev–Trinajstić information content (AvgIpc) is 3.26. The molecule has 0 saturated carbocycles. The highest BCUT2D eigenvalue weighted by Gasteiger charge is 2.26. The first-order valence-corrected chi connectivity index (χ1v) is 9.45. The first kappa shape index (κ1) is 18.5. The molecule has 0 bridgehead atoms. The molecule has 148 valence electrons. The van der Waals surface area contributed by atoms with Crippen LogP contribution in [0.5, 0.6) is 5.75 Å². The Kier molecular flexibility index (Phi) is 4.80. The quantitative estimate of drug-likeness (QED) is 0.691. The van der Waals surface area contributed by atoms with Crippen LogP contribution in [0, 0.1) is 6.92 Å². The van der Waals surface area contributed by atoms with Crippen molar-refractivity contribution in [1.29, 1.82) is 0 Å². The Labute approximate surface area is 164 Å². The Morgan fingerprint density at radius 1 is 1.18 bits per heavy atom. The highest BCUT2D eigenvalue weighted by Crippen LogP contribution is 2.30. The Balaban J connectivity index is 1.66. The molecule has 3 heterocycles. The van der Waals surface area contributed by atoms with E-state index in [1.54, 1.807) is 13.4 Å². The number of rotatable bonds is 4. The summed E-state index contributed by atoms with van der Waals surface area (Å²) in [6.07, 6.45) is 4.09. The molecular weight excluding hydrogens is 356 g/mol. The average molecular weight is 382 g/mol. The summed E-state index contributed by atoms with van der Waals surface area (Å²) in [4.78, 5) is 11.3. The van der Waals surface area contributed by atoms with Gasteiger partial charge in [0.25, 0.3) is 0 Å². The lowest BCUT2D eigenvalue weighted by Crippen LogP contribution is -2.46. The molecule has 2 unspecified atom stereocenters. The number of methoxy groups -OCH3 is 1. The SMILES string of the molecule is COc1cc(-c2nc(N3CC(C)OC(C)C3)n(C)n2)ccc1-n1cnc(C)c1. The second-order valence-corrected chi connectivity index (χ2v) is 7.33. The van der Waals surface area contributed by atoms with Gasteiger partial charge in [-0.2, -0.15) is 4.98 Å². The van der Waals surface area contributed by atoms with Gasteiger partial charge in [-0.3, -0.25) is 0 Å². The summed E-state index contributed by atoms with van der Waals surface area (Å²) in [6.45, 7) is 7.74. The maximum absolute atomic E-state index is 5.83. The third-order valence-electron chi connectivity index (χ3n) is 4.87. The second kappa shape index (κ2) is 7.27. The number of aryl methyl sites for hydroxylation is 2. The molecule has 2 aromatic heterocycles. The standard InChI is InChI=1S/C20H26N6O2/c1-13-9-26(12-21-13)17-7-6-16(8-18(17)27-5)19-22-20(24(4)23-19)25-10-14(2)28-15(3)11-25/h6-9,12,14-15H,10-11H2,1-5H3. The van der Waals surface area contributed by atoms with E-state index in [-0.39, 0.29) is 12.2 Å². The Morgan fingerprint density at radius 2 is 1.93 bits per heavy atom. The van der Waals surface area contributed by atoms with Crippen molar-refractivity contribution < 1.29 is 9.47 Å². The van der Waals surface area contributed by atoms with Gasteiger partial charge in [-0.25, -0.2) is 9.67 Å². The van der Waals surface area contributed by atoms with Crippen molar-refractivity contribution in [1.82, 2.24) is 24.3 Å². The van der Waals surface area contributed by atoms with E-state index in [0.29, 0.717) is 5.82 Å². The van der Waals surface area contributed by atoms with Crippen LogP contribution < -0.4 is 9.64 Å². The molecule has 3 aromatic rings. The van der Waals surface area contributed by atoms with Gasteiger partial charge in [-0.05, 0) is 39.0 Å². The number of morpholine rings is 1. The molecule has 1 saturated heterocycles. The van der Waals surface area contributed by atoms with Gasteiger partial charge < -0.3 is 18.9 Å². The largest absolute Gasteiger partial charge is 0.495 e. The third kappa shape index (κ3) is 3.47. The predicted molar refractivity (Wildman–Crippen MR) is 107 cm³/mol. The summed E-state index contributed by atoms with van der Waals surface area (Å²) in [5.74, 6) is 2.28. The monoisotopic (exact) mass is 382 g/mol. The molecule has 2 atom stereocenters. The first-order chi connectivity index (χ1) is 13.4. The number of imidazole rings is 1. The second-order valence-electron chi connectivity index (χ2n) is 7.33. The van der Waals surface area contributed by atoms with Gasteiger partial charge in [-0.1, -0.05) is 0 Å². The van der Waals surface area contributed by atoms with E-state index < -0.39 is 0 Å². The first-order valence-electron chi connectivity index (χ1n) is 9.45. The summed E-state index contributed by atoms with van der Waals surface area (Å²) < 4.78 is 15.2. The Morgan fingerprint density at radius 3 is 2.57 bits per heavy atom. The van der Waals surface area contributed by atoms with Crippen LogP contribution in [0.3, 0.4) is 0 Å². The molecule has 1 fully saturated rings. The van der Waals surface area contributed by atoms with Crippen LogP contribution in [0.25, 0.3) is 17.1 Å². The van der Waals surface area contributed by atoms with Crippen LogP contribution in [0.2, 0.25) is 0 Å². The van der Waals surface area contributed by atoms with Crippen LogP contribution in [-0.2, 0) is 11.8 Å². The summed E-state index contributed by atoms with van der Waals surface area (Å²) >= 11 is 0. The van der Waals surface area contributed by atoms with E-state index in [9.17, 15) is 0 Å². The van der Waals surface area contributed by atoms with Gasteiger partial charge in [-0.15, -0.1) is 5.10 Å². The lowest BCUT2D eigenvalue weighted by atomic mass is 10.1. The molecule has 28 heavy (non-hydrogen) atoms. The van der Waals surface area contributed by atoms with Crippen molar-refractivity contribution in [3.8, 4) is 22.8 Å². The number of nitrogens with zero attached hydrogens (tertiary/aromatic N) is 6. The van der Waals surface area contributed by atoms with Crippen molar-refractivity contribution in [2.75, 3.05) is 25.1 Å². The van der Waals surface area contributed by atoms with E-state index in [4.69, 9.17) is 14.5 Å². The van der Waals surface area contributed by atoms with Crippen molar-refractivity contribution in [2.45, 2.75) is 33.0 Å². The van der Waals surface area contributed by atoms with Gasteiger partial charge in [0.2, 0.25) is 5.95 Å². The topological polar surface area (TPSA) is 70.2 Å². The minimum Gasteiger partial charge on any atom is -0.495 e. The molecule has 4 rings (SSSR count). The fourth-order valence-electron chi connectivity index (χ4n) is 3.70. The van der Waals surface area contributed by atoms with Gasteiger partial charge >= 0.3 is 0 Å². The highest BCUT2D eigenvalue weighted by atomic mass is 16.5. The van der Waals surface area contributed by atoms with Gasteiger partial charge in [0, 0.05) is 31.9 Å². The smallest absolute Gasteiger partial charge is 0.224 e. The number of benzene rings is 1. The van der Waals surface area contributed by atoms with Crippen molar-refractivity contribution in [2.24, 2.45) is 7.05 Å². The van der Waals surface area contributed by atoms with E-state index in [1.165, 1.54) is 0 Å². The van der Waals surface area contributed by atoms with Crippen LogP contribution in [0.4, 0.5) is 5.95 Å². The minimum atomic E-state index is 0.168. The number of ether oxygens (including phenoxy) is 2. The van der Waals surface area contributed by atoms with Crippen molar-refractivity contribution in [3.63, 3.8) is 0 Å². The van der Waals surface area contributed by atoms with Gasteiger partial charge in [0.1, 0.15) is 5.75 Å². The Bertz CT molecular complexity index is 969. The zero-order valence-electron chi connectivity index (χ0n) is 17.0. The maximum atomic E-state index is 5.83. The molecule has 1 aliphatic heterocycles. The number of hydrogen-bond donors (Lipinski definition) is 0. The summed E-state index contributed by atoms with van der Waals surface area (Å²) in [6, 6.07) is 5.98. The zero-order valence-corrected chi connectivity index (χ0v) is 17.0. The fraction of sp³-hybridized carbons (Fsp3) is 0.450. The molecule has 0 amide bonds. The molecule has 0 N–H and O–H groups in total. The van der Waals surface area contributed by atoms with Crippen molar-refractivity contribution in [3.05, 3.63) is 36.4 Å². The van der Waals surface area contributed by atoms with Gasteiger partial charge in [0.05, 0.1) is 37.0 Å². The molecule has 0 spiro atoms. The lowest BCUT2D eigenvalue weighted by molar-refractivity contribution is -0.00589. The highest BCUT2D eigenvalue weighted by molar-refractivity contribution is 5.64. The summed E-state index contributed by atoms with van der Waals surface area (Å²) in [7, 11) is 3.59. The molecule has 8 heteroatoms. The van der Waals surface area contributed by atoms with E-state index in [1.807, 2.05) is 47.6 Å². The summed E-state index contributed by atoms with van der Waals surface area (Å²) in [5.41, 5.74) is 2.80.